The number of nitrogens with zero attached hydrogens (tertiary/aromatic N) is 1. The molecule has 0 spiro atoms. The average Bonchev–Trinajstić information content (AvgIpc) is 2.82. The van der Waals surface area contributed by atoms with Gasteiger partial charge < -0.3 is 19.5 Å². The summed E-state index contributed by atoms with van der Waals surface area (Å²) in [6, 6.07) is 12.7. The first-order valence-corrected chi connectivity index (χ1v) is 11.0. The van der Waals surface area contributed by atoms with Gasteiger partial charge in [0, 0.05) is 35.8 Å². The summed E-state index contributed by atoms with van der Waals surface area (Å²) in [5.74, 6) is 0.976. The number of hydrogen-bond acceptors (Lipinski definition) is 5. The van der Waals surface area contributed by atoms with Gasteiger partial charge >= 0.3 is 0 Å². The van der Waals surface area contributed by atoms with Crippen molar-refractivity contribution in [2.45, 2.75) is 32.4 Å². The molecule has 0 radical (unpaired) electrons. The molecule has 168 valence electrons. The Morgan fingerprint density at radius 2 is 1.87 bits per heavy atom. The number of amides is 1. The first-order chi connectivity index (χ1) is 14.9. The molecule has 1 saturated heterocycles. The number of carbonyl (C=O) groups is 1. The van der Waals surface area contributed by atoms with Gasteiger partial charge in [0.1, 0.15) is 6.61 Å². The van der Waals surface area contributed by atoms with Crippen LogP contribution in [0.15, 0.2) is 42.5 Å². The van der Waals surface area contributed by atoms with Gasteiger partial charge in [0.05, 0.1) is 20.3 Å². The van der Waals surface area contributed by atoms with Gasteiger partial charge in [-0.25, -0.2) is 0 Å². The van der Waals surface area contributed by atoms with E-state index in [9.17, 15) is 4.79 Å². The molecule has 0 aromatic heterocycles. The van der Waals surface area contributed by atoms with Crippen LogP contribution in [0.5, 0.6) is 11.5 Å². The normalized spacial score (nSPS) is 16.4. The Bertz CT molecular complexity index is 868. The van der Waals surface area contributed by atoms with E-state index in [1.165, 1.54) is 0 Å². The Kier molecular flexibility index (Phi) is 8.18. The topological polar surface area (TPSA) is 60.0 Å². The highest BCUT2D eigenvalue weighted by Crippen LogP contribution is 2.29. The van der Waals surface area contributed by atoms with Crippen LogP contribution in [-0.2, 0) is 11.3 Å². The molecule has 1 fully saturated rings. The number of benzene rings is 2. The molecule has 2 aromatic rings. The highest BCUT2D eigenvalue weighted by Gasteiger charge is 2.31. The van der Waals surface area contributed by atoms with Gasteiger partial charge in [-0.2, -0.15) is 0 Å². The standard InChI is InChI=1S/C24H31ClN2O4/c1-4-24(2,27-11-13-30-14-12-27)17-26-23(28)19-7-10-21(22(15-19)29-3)31-16-18-5-8-20(25)9-6-18/h5-10,15H,4,11-14,16-17H2,1-3H3,(H,26,28). The van der Waals surface area contributed by atoms with Crippen LogP contribution in [0, 0.1) is 0 Å². The fourth-order valence-electron chi connectivity index (χ4n) is 3.61. The summed E-state index contributed by atoms with van der Waals surface area (Å²) in [6.45, 7) is 8.52. The highest BCUT2D eigenvalue weighted by atomic mass is 35.5. The molecule has 6 nitrogen and oxygen atoms in total. The summed E-state index contributed by atoms with van der Waals surface area (Å²) in [5.41, 5.74) is 1.43. The first-order valence-electron chi connectivity index (χ1n) is 10.6. The molecule has 1 heterocycles. The van der Waals surface area contributed by atoms with Crippen LogP contribution in [0.1, 0.15) is 36.2 Å². The van der Waals surface area contributed by atoms with E-state index < -0.39 is 0 Å². The van der Waals surface area contributed by atoms with Crippen molar-refractivity contribution in [1.29, 1.82) is 0 Å². The van der Waals surface area contributed by atoms with Crippen LogP contribution in [0.25, 0.3) is 0 Å². The van der Waals surface area contributed by atoms with E-state index in [4.69, 9.17) is 25.8 Å². The lowest BCUT2D eigenvalue weighted by Crippen LogP contribution is -2.56. The van der Waals surface area contributed by atoms with E-state index in [2.05, 4.69) is 24.1 Å². The number of carbonyl (C=O) groups excluding carboxylic acids is 1. The van der Waals surface area contributed by atoms with Gasteiger partial charge in [-0.05, 0) is 49.2 Å². The lowest BCUT2D eigenvalue weighted by molar-refractivity contribution is -0.0169. The molecule has 0 bridgehead atoms. The SMILES string of the molecule is CCC(C)(CNC(=O)c1ccc(OCc2ccc(Cl)cc2)c(OC)c1)N1CCOCC1. The number of ether oxygens (including phenoxy) is 3. The van der Waals surface area contributed by atoms with Gasteiger partial charge in [0.15, 0.2) is 11.5 Å². The predicted molar refractivity (Wildman–Crippen MR) is 122 cm³/mol. The van der Waals surface area contributed by atoms with Crippen molar-refractivity contribution in [3.63, 3.8) is 0 Å². The number of rotatable bonds is 9. The second-order valence-corrected chi connectivity index (χ2v) is 8.35. The third-order valence-corrected chi connectivity index (χ3v) is 6.15. The van der Waals surface area contributed by atoms with Crippen molar-refractivity contribution in [2.75, 3.05) is 40.0 Å². The fourth-order valence-corrected chi connectivity index (χ4v) is 3.73. The van der Waals surface area contributed by atoms with E-state index in [0.717, 1.165) is 38.3 Å². The van der Waals surface area contributed by atoms with Crippen molar-refractivity contribution in [3.05, 3.63) is 58.6 Å². The summed E-state index contributed by atoms with van der Waals surface area (Å²) in [4.78, 5) is 15.2. The second-order valence-electron chi connectivity index (χ2n) is 7.91. The first kappa shape index (κ1) is 23.4. The maximum absolute atomic E-state index is 12.8. The Balaban J connectivity index is 1.62. The molecule has 1 unspecified atom stereocenters. The molecule has 31 heavy (non-hydrogen) atoms. The van der Waals surface area contributed by atoms with E-state index >= 15 is 0 Å². The molecule has 0 saturated carbocycles. The number of halogens is 1. The smallest absolute Gasteiger partial charge is 0.251 e. The second kappa shape index (κ2) is 10.8. The molecular weight excluding hydrogens is 416 g/mol. The van der Waals surface area contributed by atoms with Crippen LogP contribution >= 0.6 is 11.6 Å². The summed E-state index contributed by atoms with van der Waals surface area (Å²) in [5, 5.41) is 3.78. The Hall–Kier alpha value is -2.28. The molecular formula is C24H31ClN2O4. The number of morpholine rings is 1. The van der Waals surface area contributed by atoms with Crippen molar-refractivity contribution in [2.24, 2.45) is 0 Å². The van der Waals surface area contributed by atoms with Crippen LogP contribution in [-0.4, -0.2) is 56.3 Å². The maximum Gasteiger partial charge on any atom is 0.251 e. The third-order valence-electron chi connectivity index (χ3n) is 5.90. The molecule has 3 rings (SSSR count). The van der Waals surface area contributed by atoms with E-state index in [1.807, 2.05) is 24.3 Å². The van der Waals surface area contributed by atoms with Crippen molar-refractivity contribution < 1.29 is 19.0 Å². The van der Waals surface area contributed by atoms with E-state index in [-0.39, 0.29) is 11.4 Å². The van der Waals surface area contributed by atoms with Crippen molar-refractivity contribution in [3.8, 4) is 11.5 Å². The zero-order chi connectivity index (χ0) is 22.3. The molecule has 1 aliphatic heterocycles. The zero-order valence-corrected chi connectivity index (χ0v) is 19.2. The van der Waals surface area contributed by atoms with E-state index in [0.29, 0.717) is 35.2 Å². The predicted octanol–water partition coefficient (Wildman–Crippen LogP) is 4.16. The Morgan fingerprint density at radius 3 is 2.52 bits per heavy atom. The summed E-state index contributed by atoms with van der Waals surface area (Å²) >= 11 is 5.92. The van der Waals surface area contributed by atoms with Crippen LogP contribution in [0.4, 0.5) is 0 Å². The van der Waals surface area contributed by atoms with Crippen molar-refractivity contribution in [1.82, 2.24) is 10.2 Å². The molecule has 0 aliphatic carbocycles. The quantitative estimate of drug-likeness (QED) is 0.626. The van der Waals surface area contributed by atoms with E-state index in [1.54, 1.807) is 25.3 Å². The summed E-state index contributed by atoms with van der Waals surface area (Å²) < 4.78 is 16.8. The number of nitrogens with one attached hydrogen (secondary N) is 1. The average molecular weight is 447 g/mol. The Labute approximate surface area is 189 Å². The monoisotopic (exact) mass is 446 g/mol. The number of hydrogen-bond donors (Lipinski definition) is 1. The third kappa shape index (κ3) is 6.12. The molecule has 1 aliphatic rings. The molecule has 1 amide bonds. The highest BCUT2D eigenvalue weighted by molar-refractivity contribution is 6.30. The largest absolute Gasteiger partial charge is 0.493 e. The molecule has 1 N–H and O–H groups in total. The lowest BCUT2D eigenvalue weighted by atomic mass is 9.95. The van der Waals surface area contributed by atoms with Crippen LogP contribution in [0.3, 0.4) is 0 Å². The van der Waals surface area contributed by atoms with Gasteiger partial charge in [0.25, 0.3) is 5.91 Å². The number of methoxy groups -OCH3 is 1. The van der Waals surface area contributed by atoms with Crippen molar-refractivity contribution >= 4 is 17.5 Å². The maximum atomic E-state index is 12.8. The Morgan fingerprint density at radius 1 is 1.16 bits per heavy atom. The minimum absolute atomic E-state index is 0.106. The molecule has 7 heteroatoms. The lowest BCUT2D eigenvalue weighted by Gasteiger charge is -2.43. The summed E-state index contributed by atoms with van der Waals surface area (Å²) in [7, 11) is 1.57. The van der Waals surface area contributed by atoms with Gasteiger partial charge in [0.2, 0.25) is 0 Å². The van der Waals surface area contributed by atoms with Crippen LogP contribution < -0.4 is 14.8 Å². The minimum atomic E-state index is -0.129. The fraction of sp³-hybridized carbons (Fsp3) is 0.458. The van der Waals surface area contributed by atoms with Gasteiger partial charge in [-0.1, -0.05) is 30.7 Å². The summed E-state index contributed by atoms with van der Waals surface area (Å²) in [6.07, 6.45) is 0.939. The van der Waals surface area contributed by atoms with Gasteiger partial charge in [-0.15, -0.1) is 0 Å². The zero-order valence-electron chi connectivity index (χ0n) is 18.4. The molecule has 1 atom stereocenters. The van der Waals surface area contributed by atoms with Crippen LogP contribution in [0.2, 0.25) is 5.02 Å². The molecule has 2 aromatic carbocycles. The van der Waals surface area contributed by atoms with Gasteiger partial charge in [-0.3, -0.25) is 9.69 Å². The minimum Gasteiger partial charge on any atom is -0.493 e.